The van der Waals surface area contributed by atoms with Crippen molar-refractivity contribution in [2.75, 3.05) is 6.54 Å². The fourth-order valence-electron chi connectivity index (χ4n) is 0.915. The van der Waals surface area contributed by atoms with Crippen molar-refractivity contribution in [2.45, 2.75) is 12.8 Å². The number of hydrogen-bond acceptors (Lipinski definition) is 3. The van der Waals surface area contributed by atoms with Crippen molar-refractivity contribution in [2.24, 2.45) is 0 Å². The van der Waals surface area contributed by atoms with Gasteiger partial charge in [0, 0.05) is 17.4 Å². The van der Waals surface area contributed by atoms with Gasteiger partial charge in [-0.05, 0) is 44.3 Å². The summed E-state index contributed by atoms with van der Waals surface area (Å²) in [6.07, 6.45) is 1.16. The first kappa shape index (κ1) is 12.7. The molecule has 0 aliphatic carbocycles. The van der Waals surface area contributed by atoms with E-state index in [2.05, 4.69) is 37.2 Å². The highest BCUT2D eigenvalue weighted by atomic mass is 79.9. The Bertz CT molecular complexity index is 378. The van der Waals surface area contributed by atoms with Gasteiger partial charge < -0.3 is 5.32 Å². The van der Waals surface area contributed by atoms with Crippen LogP contribution < -0.4 is 5.32 Å². The van der Waals surface area contributed by atoms with Crippen LogP contribution in [0.5, 0.6) is 0 Å². The standard InChI is InChI=1S/C9H8Br2N2OS/c10-6-5-7(15-8(6)11)9(14)13-4-2-1-3-12/h5H,1-2,4H2,(H,13,14). The Kier molecular flexibility index (Phi) is 5.29. The summed E-state index contributed by atoms with van der Waals surface area (Å²) in [4.78, 5) is 12.2. The molecule has 0 aliphatic rings. The molecular weight excluding hydrogens is 344 g/mol. The number of carbonyl (C=O) groups is 1. The number of carbonyl (C=O) groups excluding carboxylic acids is 1. The second-order valence-electron chi connectivity index (χ2n) is 2.75. The topological polar surface area (TPSA) is 52.9 Å². The van der Waals surface area contributed by atoms with E-state index < -0.39 is 0 Å². The molecule has 0 aromatic carbocycles. The van der Waals surface area contributed by atoms with Crippen LogP contribution in [0.2, 0.25) is 0 Å². The summed E-state index contributed by atoms with van der Waals surface area (Å²) >= 11 is 8.02. The molecule has 0 saturated carbocycles. The van der Waals surface area contributed by atoms with Gasteiger partial charge in [0.1, 0.15) is 0 Å². The van der Waals surface area contributed by atoms with Crippen LogP contribution in [0, 0.1) is 11.3 Å². The third-order valence-electron chi connectivity index (χ3n) is 1.62. The molecule has 0 atom stereocenters. The molecule has 1 aromatic rings. The average molecular weight is 352 g/mol. The van der Waals surface area contributed by atoms with Crippen molar-refractivity contribution >= 4 is 49.1 Å². The zero-order chi connectivity index (χ0) is 11.3. The quantitative estimate of drug-likeness (QED) is 0.846. The lowest BCUT2D eigenvalue weighted by Crippen LogP contribution is -2.23. The van der Waals surface area contributed by atoms with E-state index in [9.17, 15) is 4.79 Å². The predicted molar refractivity (Wildman–Crippen MR) is 66.9 cm³/mol. The van der Waals surface area contributed by atoms with Gasteiger partial charge >= 0.3 is 0 Å². The normalized spacial score (nSPS) is 9.67. The van der Waals surface area contributed by atoms with E-state index >= 15 is 0 Å². The summed E-state index contributed by atoms with van der Waals surface area (Å²) in [5.74, 6) is -0.0932. The first-order valence-corrected chi connectivity index (χ1v) is 6.65. The SMILES string of the molecule is N#CCCCNC(=O)c1cc(Br)c(Br)s1. The molecule has 1 rings (SSSR count). The van der Waals surface area contributed by atoms with Crippen LogP contribution in [0.1, 0.15) is 22.5 Å². The Morgan fingerprint density at radius 2 is 2.33 bits per heavy atom. The first-order valence-electron chi connectivity index (χ1n) is 4.25. The van der Waals surface area contributed by atoms with Crippen molar-refractivity contribution < 1.29 is 4.79 Å². The van der Waals surface area contributed by atoms with E-state index in [4.69, 9.17) is 5.26 Å². The number of hydrogen-bond donors (Lipinski definition) is 1. The first-order chi connectivity index (χ1) is 7.15. The predicted octanol–water partition coefficient (Wildman–Crippen LogP) is 3.31. The summed E-state index contributed by atoms with van der Waals surface area (Å²) in [7, 11) is 0. The maximum atomic E-state index is 11.5. The van der Waals surface area contributed by atoms with E-state index in [0.717, 1.165) is 8.26 Å². The zero-order valence-corrected chi connectivity index (χ0v) is 11.7. The molecule has 1 aromatic heterocycles. The second-order valence-corrected chi connectivity index (χ2v) is 5.97. The van der Waals surface area contributed by atoms with E-state index in [1.165, 1.54) is 11.3 Å². The number of amides is 1. The van der Waals surface area contributed by atoms with Gasteiger partial charge in [-0.1, -0.05) is 0 Å². The van der Waals surface area contributed by atoms with Crippen LogP contribution in [0.4, 0.5) is 0 Å². The highest BCUT2D eigenvalue weighted by Crippen LogP contribution is 2.32. The molecule has 6 heteroatoms. The lowest BCUT2D eigenvalue weighted by Gasteiger charge is -1.99. The van der Waals surface area contributed by atoms with Gasteiger partial charge in [0.25, 0.3) is 5.91 Å². The molecule has 0 aliphatic heterocycles. The molecule has 0 radical (unpaired) electrons. The number of nitriles is 1. The van der Waals surface area contributed by atoms with Gasteiger partial charge in [0.05, 0.1) is 14.7 Å². The summed E-state index contributed by atoms with van der Waals surface area (Å²) in [5, 5.41) is 11.1. The number of nitrogens with zero attached hydrogens (tertiary/aromatic N) is 1. The minimum Gasteiger partial charge on any atom is -0.351 e. The molecule has 1 amide bonds. The fraction of sp³-hybridized carbons (Fsp3) is 0.333. The van der Waals surface area contributed by atoms with Gasteiger partial charge in [0.2, 0.25) is 0 Å². The van der Waals surface area contributed by atoms with Crippen LogP contribution in [0.15, 0.2) is 14.3 Å². The molecular formula is C9H8Br2N2OS. The summed E-state index contributed by atoms with van der Waals surface area (Å²) in [6.45, 7) is 0.541. The summed E-state index contributed by atoms with van der Waals surface area (Å²) < 4.78 is 1.79. The molecule has 0 spiro atoms. The van der Waals surface area contributed by atoms with Gasteiger partial charge in [0.15, 0.2) is 0 Å². The largest absolute Gasteiger partial charge is 0.351 e. The molecule has 0 fully saturated rings. The highest BCUT2D eigenvalue weighted by molar-refractivity contribution is 9.13. The van der Waals surface area contributed by atoms with Crippen LogP contribution >= 0.6 is 43.2 Å². The minimum absolute atomic E-state index is 0.0932. The lowest BCUT2D eigenvalue weighted by atomic mass is 10.3. The molecule has 3 nitrogen and oxygen atoms in total. The molecule has 0 saturated heterocycles. The highest BCUT2D eigenvalue weighted by Gasteiger charge is 2.10. The zero-order valence-electron chi connectivity index (χ0n) is 7.72. The van der Waals surface area contributed by atoms with Crippen molar-refractivity contribution in [3.8, 4) is 6.07 Å². The van der Waals surface area contributed by atoms with E-state index in [1.807, 2.05) is 6.07 Å². The van der Waals surface area contributed by atoms with Gasteiger partial charge in [-0.15, -0.1) is 11.3 Å². The van der Waals surface area contributed by atoms with Gasteiger partial charge in [-0.25, -0.2) is 0 Å². The van der Waals surface area contributed by atoms with Crippen LogP contribution in [-0.4, -0.2) is 12.5 Å². The third-order valence-corrected chi connectivity index (χ3v) is 4.87. The Labute approximate surface area is 109 Å². The number of thiophene rings is 1. The number of nitrogens with one attached hydrogen (secondary N) is 1. The third kappa shape index (κ3) is 3.93. The maximum absolute atomic E-state index is 11.5. The Balaban J connectivity index is 2.44. The van der Waals surface area contributed by atoms with E-state index in [-0.39, 0.29) is 5.91 Å². The smallest absolute Gasteiger partial charge is 0.261 e. The Morgan fingerprint density at radius 3 is 2.87 bits per heavy atom. The fourth-order valence-corrected chi connectivity index (χ4v) is 2.87. The maximum Gasteiger partial charge on any atom is 0.261 e. The molecule has 15 heavy (non-hydrogen) atoms. The average Bonchev–Trinajstić information content (AvgIpc) is 2.54. The lowest BCUT2D eigenvalue weighted by molar-refractivity contribution is 0.0957. The van der Waals surface area contributed by atoms with Crippen molar-refractivity contribution in [3.63, 3.8) is 0 Å². The molecule has 80 valence electrons. The Morgan fingerprint density at radius 1 is 1.60 bits per heavy atom. The van der Waals surface area contributed by atoms with Crippen LogP contribution in [0.25, 0.3) is 0 Å². The Hall–Kier alpha value is -0.380. The molecule has 1 N–H and O–H groups in total. The number of rotatable bonds is 4. The minimum atomic E-state index is -0.0932. The van der Waals surface area contributed by atoms with Crippen molar-refractivity contribution in [1.82, 2.24) is 5.32 Å². The van der Waals surface area contributed by atoms with Gasteiger partial charge in [-0.2, -0.15) is 5.26 Å². The van der Waals surface area contributed by atoms with Gasteiger partial charge in [-0.3, -0.25) is 4.79 Å². The van der Waals surface area contributed by atoms with Crippen molar-refractivity contribution in [1.29, 1.82) is 5.26 Å². The summed E-state index contributed by atoms with van der Waals surface area (Å²) in [5.41, 5.74) is 0. The monoisotopic (exact) mass is 350 g/mol. The van der Waals surface area contributed by atoms with Crippen molar-refractivity contribution in [3.05, 3.63) is 19.2 Å². The number of halogens is 2. The number of unbranched alkanes of at least 4 members (excludes halogenated alkanes) is 1. The molecule has 1 heterocycles. The second kappa shape index (κ2) is 6.26. The van der Waals surface area contributed by atoms with Crippen LogP contribution in [-0.2, 0) is 0 Å². The van der Waals surface area contributed by atoms with E-state index in [0.29, 0.717) is 24.3 Å². The van der Waals surface area contributed by atoms with E-state index in [1.54, 1.807) is 6.07 Å². The molecule has 0 unspecified atom stereocenters. The van der Waals surface area contributed by atoms with Crippen LogP contribution in [0.3, 0.4) is 0 Å². The molecule has 0 bridgehead atoms. The summed E-state index contributed by atoms with van der Waals surface area (Å²) in [6, 6.07) is 3.80.